The van der Waals surface area contributed by atoms with Crippen molar-refractivity contribution in [3.8, 4) is 0 Å². The molecule has 0 bridgehead atoms. The maximum atomic E-state index is 11.4. The lowest BCUT2D eigenvalue weighted by Crippen LogP contribution is -2.33. The lowest BCUT2D eigenvalue weighted by molar-refractivity contribution is -0.515. The molecule has 0 fully saturated rings. The SMILES string of the molecule is O=C1NSc2cccc([N+](=O)[O-])c2C1[N+](=O)[O-]. The molecule has 1 aromatic carbocycles. The Labute approximate surface area is 98.4 Å². The number of carbonyl (C=O) groups excluding carboxylic acids is 1. The molecule has 2 rings (SSSR count). The molecule has 88 valence electrons. The van der Waals surface area contributed by atoms with Crippen LogP contribution in [0.4, 0.5) is 5.69 Å². The quantitative estimate of drug-likeness (QED) is 0.479. The van der Waals surface area contributed by atoms with E-state index in [0.717, 1.165) is 18.0 Å². The highest BCUT2D eigenvalue weighted by Gasteiger charge is 2.43. The monoisotopic (exact) mass is 255 g/mol. The minimum absolute atomic E-state index is 0.156. The Kier molecular flexibility index (Phi) is 2.68. The maximum absolute atomic E-state index is 11.4. The Hall–Kier alpha value is -2.16. The van der Waals surface area contributed by atoms with Crippen LogP contribution in [0.15, 0.2) is 23.1 Å². The van der Waals surface area contributed by atoms with Crippen LogP contribution in [-0.2, 0) is 4.79 Å². The van der Waals surface area contributed by atoms with E-state index < -0.39 is 27.5 Å². The third kappa shape index (κ3) is 1.80. The molecule has 0 saturated carbocycles. The number of fused-ring (bicyclic) bond motifs is 1. The lowest BCUT2D eigenvalue weighted by Gasteiger charge is -2.18. The van der Waals surface area contributed by atoms with Gasteiger partial charge < -0.3 is 0 Å². The van der Waals surface area contributed by atoms with Crippen molar-refractivity contribution < 1.29 is 14.6 Å². The summed E-state index contributed by atoms with van der Waals surface area (Å²) in [5.74, 6) is -0.859. The van der Waals surface area contributed by atoms with Crippen LogP contribution >= 0.6 is 11.9 Å². The largest absolute Gasteiger partial charge is 0.323 e. The van der Waals surface area contributed by atoms with E-state index in [0.29, 0.717) is 4.90 Å². The van der Waals surface area contributed by atoms with Crippen molar-refractivity contribution in [1.82, 2.24) is 4.72 Å². The minimum Gasteiger partial charge on any atom is -0.290 e. The molecule has 0 radical (unpaired) electrons. The van der Waals surface area contributed by atoms with E-state index in [1.807, 2.05) is 0 Å². The van der Waals surface area contributed by atoms with E-state index in [1.54, 1.807) is 0 Å². The summed E-state index contributed by atoms with van der Waals surface area (Å²) in [5.41, 5.74) is -0.567. The Morgan fingerprint density at radius 1 is 1.29 bits per heavy atom. The first-order chi connectivity index (χ1) is 8.02. The Bertz CT molecular complexity index is 532. The normalized spacial score (nSPS) is 18.1. The van der Waals surface area contributed by atoms with Gasteiger partial charge in [-0.15, -0.1) is 0 Å². The van der Waals surface area contributed by atoms with Gasteiger partial charge in [0.15, 0.2) is 0 Å². The van der Waals surface area contributed by atoms with Crippen LogP contribution in [-0.4, -0.2) is 15.8 Å². The van der Waals surface area contributed by atoms with Gasteiger partial charge in [-0.2, -0.15) is 0 Å². The van der Waals surface area contributed by atoms with Crippen molar-refractivity contribution >= 4 is 23.5 Å². The zero-order valence-corrected chi connectivity index (χ0v) is 8.97. The summed E-state index contributed by atoms with van der Waals surface area (Å²) in [6.07, 6.45) is 0. The number of nitro benzene ring substituents is 1. The number of nitrogens with one attached hydrogen (secondary N) is 1. The van der Waals surface area contributed by atoms with Crippen LogP contribution in [0.25, 0.3) is 0 Å². The molecule has 0 aliphatic carbocycles. The number of carbonyl (C=O) groups is 1. The summed E-state index contributed by atoms with van der Waals surface area (Å²) in [5, 5.41) is 21.6. The van der Waals surface area contributed by atoms with Crippen molar-refractivity contribution in [1.29, 1.82) is 0 Å². The van der Waals surface area contributed by atoms with Crippen LogP contribution in [0.5, 0.6) is 0 Å². The number of amides is 1. The van der Waals surface area contributed by atoms with E-state index in [1.165, 1.54) is 12.1 Å². The van der Waals surface area contributed by atoms with Gasteiger partial charge >= 0.3 is 11.9 Å². The van der Waals surface area contributed by atoms with Crippen molar-refractivity contribution in [3.05, 3.63) is 44.0 Å². The fourth-order valence-corrected chi connectivity index (χ4v) is 2.34. The Balaban J connectivity index is 2.67. The second-order valence-electron chi connectivity index (χ2n) is 3.20. The molecule has 17 heavy (non-hydrogen) atoms. The average Bonchev–Trinajstić information content (AvgIpc) is 2.27. The first-order valence-corrected chi connectivity index (χ1v) is 5.21. The number of rotatable bonds is 2. The average molecular weight is 255 g/mol. The maximum Gasteiger partial charge on any atom is 0.323 e. The van der Waals surface area contributed by atoms with Crippen LogP contribution < -0.4 is 4.72 Å². The molecule has 9 heteroatoms. The third-order valence-electron chi connectivity index (χ3n) is 2.23. The zero-order valence-electron chi connectivity index (χ0n) is 8.15. The van der Waals surface area contributed by atoms with Gasteiger partial charge in [0.1, 0.15) is 5.56 Å². The fourth-order valence-electron chi connectivity index (χ4n) is 1.55. The number of hydrogen-bond donors (Lipinski definition) is 1. The minimum atomic E-state index is -1.73. The second-order valence-corrected chi connectivity index (χ2v) is 4.05. The van der Waals surface area contributed by atoms with E-state index in [-0.39, 0.29) is 5.56 Å². The molecule has 1 atom stereocenters. The molecule has 0 spiro atoms. The third-order valence-corrected chi connectivity index (χ3v) is 3.11. The van der Waals surface area contributed by atoms with Gasteiger partial charge in [-0.25, -0.2) is 0 Å². The lowest BCUT2D eigenvalue weighted by atomic mass is 10.0. The summed E-state index contributed by atoms with van der Waals surface area (Å²) in [7, 11) is 0. The first kappa shape index (κ1) is 11.3. The molecule has 0 aromatic heterocycles. The molecule has 1 aromatic rings. The predicted octanol–water partition coefficient (Wildman–Crippen LogP) is 1.05. The van der Waals surface area contributed by atoms with Gasteiger partial charge in [0.2, 0.25) is 0 Å². The summed E-state index contributed by atoms with van der Waals surface area (Å²) >= 11 is 0.841. The number of nitrogens with zero attached hydrogens (tertiary/aromatic N) is 2. The van der Waals surface area contributed by atoms with Crippen LogP contribution in [0.2, 0.25) is 0 Å². The van der Waals surface area contributed by atoms with Gasteiger partial charge in [-0.1, -0.05) is 6.07 Å². The highest BCUT2D eigenvalue weighted by atomic mass is 32.2. The van der Waals surface area contributed by atoms with E-state index in [9.17, 15) is 25.0 Å². The molecule has 1 N–H and O–H groups in total. The Morgan fingerprint density at radius 3 is 2.59 bits per heavy atom. The molecule has 1 aliphatic rings. The number of nitro groups is 2. The summed E-state index contributed by atoms with van der Waals surface area (Å²) in [4.78, 5) is 31.7. The molecule has 8 nitrogen and oxygen atoms in total. The van der Waals surface area contributed by atoms with Crippen molar-refractivity contribution in [2.45, 2.75) is 10.9 Å². The molecular formula is C8H5N3O5S. The van der Waals surface area contributed by atoms with E-state index >= 15 is 0 Å². The van der Waals surface area contributed by atoms with Gasteiger partial charge in [0.05, 0.1) is 4.92 Å². The second kappa shape index (κ2) is 4.01. The summed E-state index contributed by atoms with van der Waals surface area (Å²) in [6, 6.07) is 2.32. The number of hydrogen-bond acceptors (Lipinski definition) is 6. The predicted molar refractivity (Wildman–Crippen MR) is 56.8 cm³/mol. The molecule has 1 unspecified atom stereocenters. The first-order valence-electron chi connectivity index (χ1n) is 4.40. The van der Waals surface area contributed by atoms with E-state index in [4.69, 9.17) is 0 Å². The smallest absolute Gasteiger partial charge is 0.290 e. The standard InChI is InChI=1S/C8H5N3O5S/c12-8-7(11(15)16)6-4(10(13)14)2-1-3-5(6)17-9-8/h1-3,7H,(H,9,12). The van der Waals surface area contributed by atoms with Gasteiger partial charge in [-0.05, 0) is 18.0 Å². The molecule has 0 saturated heterocycles. The van der Waals surface area contributed by atoms with Gasteiger partial charge in [-0.3, -0.25) is 29.7 Å². The molecule has 1 amide bonds. The topological polar surface area (TPSA) is 115 Å². The van der Waals surface area contributed by atoms with Crippen molar-refractivity contribution in [2.75, 3.05) is 0 Å². The molecular weight excluding hydrogens is 250 g/mol. The highest BCUT2D eigenvalue weighted by molar-refractivity contribution is 7.98. The van der Waals surface area contributed by atoms with Gasteiger partial charge in [0.25, 0.3) is 5.69 Å². The number of benzene rings is 1. The van der Waals surface area contributed by atoms with Crippen molar-refractivity contribution in [3.63, 3.8) is 0 Å². The highest BCUT2D eigenvalue weighted by Crippen LogP contribution is 2.38. The zero-order chi connectivity index (χ0) is 12.6. The molecule has 1 aliphatic heterocycles. The Morgan fingerprint density at radius 2 is 2.00 bits per heavy atom. The summed E-state index contributed by atoms with van der Waals surface area (Å²) in [6.45, 7) is 0. The van der Waals surface area contributed by atoms with Crippen molar-refractivity contribution in [2.24, 2.45) is 0 Å². The molecule has 1 heterocycles. The fraction of sp³-hybridized carbons (Fsp3) is 0.125. The van der Waals surface area contributed by atoms with E-state index in [2.05, 4.69) is 4.72 Å². The van der Waals surface area contributed by atoms with Crippen LogP contribution in [0, 0.1) is 20.2 Å². The van der Waals surface area contributed by atoms with Crippen LogP contribution in [0.3, 0.4) is 0 Å². The van der Waals surface area contributed by atoms with Gasteiger partial charge in [0, 0.05) is 15.9 Å². The van der Waals surface area contributed by atoms with Crippen LogP contribution in [0.1, 0.15) is 11.6 Å². The summed E-state index contributed by atoms with van der Waals surface area (Å²) < 4.78 is 2.25.